The van der Waals surface area contributed by atoms with Gasteiger partial charge in [-0.25, -0.2) is 0 Å². The molecular weight excluding hydrogens is 242 g/mol. The summed E-state index contributed by atoms with van der Waals surface area (Å²) in [5, 5.41) is 0. The number of fused-ring (bicyclic) bond motifs is 1. The molecule has 18 heavy (non-hydrogen) atoms. The largest absolute Gasteiger partial charge is 0.268 e. The second-order valence-corrected chi connectivity index (χ2v) is 4.71. The van der Waals surface area contributed by atoms with Crippen molar-refractivity contribution in [3.63, 3.8) is 0 Å². The Bertz CT molecular complexity index is 611. The second kappa shape index (κ2) is 4.03. The first-order chi connectivity index (χ1) is 8.68. The third kappa shape index (κ3) is 1.56. The molecule has 0 aromatic heterocycles. The van der Waals surface area contributed by atoms with Crippen LogP contribution in [0.2, 0.25) is 0 Å². The highest BCUT2D eigenvalue weighted by Crippen LogP contribution is 2.28. The summed E-state index contributed by atoms with van der Waals surface area (Å²) in [4.78, 5) is 14.5. The Hall–Kier alpha value is -2.00. The molecule has 3 heteroatoms. The molecule has 0 bridgehead atoms. The van der Waals surface area contributed by atoms with E-state index < -0.39 is 0 Å². The first kappa shape index (κ1) is 11.1. The monoisotopic (exact) mass is 253 g/mol. The third-order valence-corrected chi connectivity index (χ3v) is 3.49. The molecule has 0 radical (unpaired) electrons. The van der Waals surface area contributed by atoms with Crippen LogP contribution in [0.3, 0.4) is 0 Å². The maximum Gasteiger partial charge on any atom is 0.264 e. The summed E-state index contributed by atoms with van der Waals surface area (Å²) < 4.78 is 0. The molecule has 0 fully saturated rings. The molecule has 0 saturated heterocycles. The Morgan fingerprint density at radius 3 is 2.17 bits per heavy atom. The molecule has 88 valence electrons. The lowest BCUT2D eigenvalue weighted by molar-refractivity contribution is 0.101. The van der Waals surface area contributed by atoms with Crippen molar-refractivity contribution in [1.82, 2.24) is 0 Å². The van der Waals surface area contributed by atoms with E-state index in [1.807, 2.05) is 55.5 Å². The van der Waals surface area contributed by atoms with Crippen molar-refractivity contribution in [1.29, 1.82) is 0 Å². The molecule has 0 aliphatic carbocycles. The standard InChI is InChI=1S/C15H11NOS/c1-10-6-8-11(9-7-10)16-14(17)12-4-2-3-5-13(12)15(16)18/h2-9H,1H3. The summed E-state index contributed by atoms with van der Waals surface area (Å²) in [7, 11) is 0. The van der Waals surface area contributed by atoms with Crippen LogP contribution in [0.1, 0.15) is 21.5 Å². The topological polar surface area (TPSA) is 20.3 Å². The fourth-order valence-corrected chi connectivity index (χ4v) is 2.48. The number of rotatable bonds is 1. The third-order valence-electron chi connectivity index (χ3n) is 3.09. The van der Waals surface area contributed by atoms with Gasteiger partial charge in [0.25, 0.3) is 5.91 Å². The van der Waals surface area contributed by atoms with Crippen molar-refractivity contribution in [3.05, 3.63) is 65.2 Å². The molecule has 0 spiro atoms. The highest BCUT2D eigenvalue weighted by molar-refractivity contribution is 7.81. The number of amides is 1. The van der Waals surface area contributed by atoms with Crippen LogP contribution in [0.15, 0.2) is 48.5 Å². The Labute approximate surface area is 111 Å². The zero-order valence-corrected chi connectivity index (χ0v) is 10.7. The first-order valence-electron chi connectivity index (χ1n) is 5.73. The van der Waals surface area contributed by atoms with Crippen LogP contribution in [-0.4, -0.2) is 10.9 Å². The van der Waals surface area contributed by atoms with E-state index in [2.05, 4.69) is 0 Å². The van der Waals surface area contributed by atoms with E-state index >= 15 is 0 Å². The minimum absolute atomic E-state index is 0.0422. The van der Waals surface area contributed by atoms with E-state index in [1.54, 1.807) is 4.90 Å². The van der Waals surface area contributed by atoms with E-state index in [9.17, 15) is 4.79 Å². The molecule has 2 aromatic rings. The highest BCUT2D eigenvalue weighted by atomic mass is 32.1. The van der Waals surface area contributed by atoms with Crippen LogP contribution in [0.5, 0.6) is 0 Å². The van der Waals surface area contributed by atoms with Gasteiger partial charge in [-0.2, -0.15) is 0 Å². The molecule has 1 heterocycles. The summed E-state index contributed by atoms with van der Waals surface area (Å²) in [5.74, 6) is -0.0422. The van der Waals surface area contributed by atoms with Crippen LogP contribution < -0.4 is 4.90 Å². The Morgan fingerprint density at radius 2 is 1.56 bits per heavy atom. The summed E-state index contributed by atoms with van der Waals surface area (Å²) in [5.41, 5.74) is 3.52. The van der Waals surface area contributed by atoms with E-state index in [1.165, 1.54) is 0 Å². The van der Waals surface area contributed by atoms with E-state index in [-0.39, 0.29) is 5.91 Å². The highest BCUT2D eigenvalue weighted by Gasteiger charge is 2.32. The van der Waals surface area contributed by atoms with Gasteiger partial charge in [-0.15, -0.1) is 0 Å². The van der Waals surface area contributed by atoms with Crippen LogP contribution in [0.4, 0.5) is 5.69 Å². The molecular formula is C15H11NOS. The molecule has 1 aliphatic heterocycles. The molecule has 1 aliphatic rings. The second-order valence-electron chi connectivity index (χ2n) is 4.33. The van der Waals surface area contributed by atoms with Gasteiger partial charge in [-0.1, -0.05) is 48.1 Å². The van der Waals surface area contributed by atoms with Gasteiger partial charge in [0.15, 0.2) is 0 Å². The Kier molecular flexibility index (Phi) is 2.49. The van der Waals surface area contributed by atoms with Crippen molar-refractivity contribution >= 4 is 28.8 Å². The molecule has 2 nitrogen and oxygen atoms in total. The van der Waals surface area contributed by atoms with Crippen LogP contribution in [-0.2, 0) is 0 Å². The van der Waals surface area contributed by atoms with Crippen LogP contribution >= 0.6 is 12.2 Å². The fourth-order valence-electron chi connectivity index (χ4n) is 2.12. The average molecular weight is 253 g/mol. The predicted octanol–water partition coefficient (Wildman–Crippen LogP) is 3.33. The molecule has 0 atom stereocenters. The number of aryl methyl sites for hydroxylation is 1. The number of nitrogens with zero attached hydrogens (tertiary/aromatic N) is 1. The van der Waals surface area contributed by atoms with Gasteiger partial charge >= 0.3 is 0 Å². The number of hydrogen-bond donors (Lipinski definition) is 0. The number of hydrogen-bond acceptors (Lipinski definition) is 2. The number of anilines is 1. The van der Waals surface area contributed by atoms with Crippen LogP contribution in [0.25, 0.3) is 0 Å². The SMILES string of the molecule is Cc1ccc(N2C(=O)c3ccccc3C2=S)cc1. The van der Waals surface area contributed by atoms with E-state index in [4.69, 9.17) is 12.2 Å². The van der Waals surface area contributed by atoms with Gasteiger partial charge in [0.1, 0.15) is 4.99 Å². The molecule has 2 aromatic carbocycles. The molecule has 0 saturated carbocycles. The lowest BCUT2D eigenvalue weighted by atomic mass is 10.1. The van der Waals surface area contributed by atoms with Gasteiger partial charge in [0, 0.05) is 5.56 Å². The Balaban J connectivity index is 2.09. The quantitative estimate of drug-likeness (QED) is 0.727. The molecule has 3 rings (SSSR count). The summed E-state index contributed by atoms with van der Waals surface area (Å²) in [6.07, 6.45) is 0. The fraction of sp³-hybridized carbons (Fsp3) is 0.0667. The van der Waals surface area contributed by atoms with Crippen LogP contribution in [0, 0.1) is 6.92 Å². The van der Waals surface area contributed by atoms with Crippen molar-refractivity contribution in [2.24, 2.45) is 0 Å². The zero-order chi connectivity index (χ0) is 12.7. The summed E-state index contributed by atoms with van der Waals surface area (Å²) in [6, 6.07) is 15.3. The maximum absolute atomic E-state index is 12.3. The van der Waals surface area contributed by atoms with Gasteiger partial charge in [-0.05, 0) is 25.1 Å². The van der Waals surface area contributed by atoms with Crippen molar-refractivity contribution in [2.75, 3.05) is 4.90 Å². The van der Waals surface area contributed by atoms with Gasteiger partial charge in [0.05, 0.1) is 11.3 Å². The summed E-state index contributed by atoms with van der Waals surface area (Å²) in [6.45, 7) is 2.02. The number of carbonyl (C=O) groups is 1. The molecule has 0 N–H and O–H groups in total. The van der Waals surface area contributed by atoms with Crippen molar-refractivity contribution in [3.8, 4) is 0 Å². The minimum Gasteiger partial charge on any atom is -0.268 e. The average Bonchev–Trinajstić information content (AvgIpc) is 2.64. The van der Waals surface area contributed by atoms with Gasteiger partial charge < -0.3 is 0 Å². The number of benzene rings is 2. The Morgan fingerprint density at radius 1 is 0.944 bits per heavy atom. The van der Waals surface area contributed by atoms with Gasteiger partial charge in [-0.3, -0.25) is 9.69 Å². The summed E-state index contributed by atoms with van der Waals surface area (Å²) >= 11 is 5.39. The smallest absolute Gasteiger partial charge is 0.264 e. The lowest BCUT2D eigenvalue weighted by Crippen LogP contribution is -2.28. The zero-order valence-electron chi connectivity index (χ0n) is 9.88. The number of thiocarbonyl (C=S) groups is 1. The molecule has 0 unspecified atom stereocenters. The normalized spacial score (nSPS) is 13.9. The van der Waals surface area contributed by atoms with Crippen molar-refractivity contribution in [2.45, 2.75) is 6.92 Å². The van der Waals surface area contributed by atoms with E-state index in [0.717, 1.165) is 16.8 Å². The lowest BCUT2D eigenvalue weighted by Gasteiger charge is -2.16. The van der Waals surface area contributed by atoms with Crippen molar-refractivity contribution < 1.29 is 4.79 Å². The first-order valence-corrected chi connectivity index (χ1v) is 6.14. The maximum atomic E-state index is 12.3. The van der Waals surface area contributed by atoms with E-state index in [0.29, 0.717) is 10.6 Å². The predicted molar refractivity (Wildman–Crippen MR) is 76.1 cm³/mol. The molecule has 1 amide bonds. The van der Waals surface area contributed by atoms with Gasteiger partial charge in [0.2, 0.25) is 0 Å². The number of carbonyl (C=O) groups excluding carboxylic acids is 1. The minimum atomic E-state index is -0.0422.